The van der Waals surface area contributed by atoms with E-state index in [2.05, 4.69) is 4.99 Å². The summed E-state index contributed by atoms with van der Waals surface area (Å²) in [5.74, 6) is -0.662. The van der Waals surface area contributed by atoms with E-state index in [1.165, 1.54) is 29.9 Å². The van der Waals surface area contributed by atoms with Crippen LogP contribution in [0.5, 0.6) is 5.75 Å². The summed E-state index contributed by atoms with van der Waals surface area (Å²) in [6, 6.07) is 13.1. The topological polar surface area (TPSA) is 87.0 Å². The summed E-state index contributed by atoms with van der Waals surface area (Å²) in [6.45, 7) is 3.02. The average Bonchev–Trinajstić information content (AvgIpc) is 3.08. The van der Waals surface area contributed by atoms with Crippen LogP contribution in [0, 0.1) is 0 Å². The van der Waals surface area contributed by atoms with Gasteiger partial charge in [0, 0.05) is 11.9 Å². The number of ether oxygens (including phenoxy) is 2. The van der Waals surface area contributed by atoms with Crippen molar-refractivity contribution in [3.05, 3.63) is 95.6 Å². The number of halogens is 1. The lowest BCUT2D eigenvalue weighted by Gasteiger charge is -2.24. The standard InChI is InChI=1S/C24H19ClN2O5S/c1-13-20(23(30)31-3)21(15-8-10-17(11-9-15)32-14(2)28)27-22(29)19(33-24(27)26-13)12-16-6-4-5-7-18(16)25/h4-12,21H,1-3H3. The molecule has 0 bridgehead atoms. The Bertz CT molecular complexity index is 1470. The van der Waals surface area contributed by atoms with Crippen LogP contribution in [-0.2, 0) is 14.3 Å². The van der Waals surface area contributed by atoms with Crippen LogP contribution < -0.4 is 19.6 Å². The van der Waals surface area contributed by atoms with Crippen LogP contribution in [0.1, 0.15) is 31.0 Å². The van der Waals surface area contributed by atoms with E-state index in [0.717, 1.165) is 0 Å². The van der Waals surface area contributed by atoms with Gasteiger partial charge in [0.05, 0.1) is 29.0 Å². The van der Waals surface area contributed by atoms with Gasteiger partial charge < -0.3 is 9.47 Å². The minimum absolute atomic E-state index is 0.259. The first-order valence-corrected chi connectivity index (χ1v) is 11.1. The molecule has 0 radical (unpaired) electrons. The van der Waals surface area contributed by atoms with Crippen molar-refractivity contribution in [3.8, 4) is 5.75 Å². The number of fused-ring (bicyclic) bond motifs is 1. The van der Waals surface area contributed by atoms with Crippen LogP contribution in [0.3, 0.4) is 0 Å². The van der Waals surface area contributed by atoms with Crippen LogP contribution in [0.15, 0.2) is 69.6 Å². The molecule has 33 heavy (non-hydrogen) atoms. The molecule has 0 fully saturated rings. The molecule has 9 heteroatoms. The SMILES string of the molecule is COC(=O)C1=C(C)N=c2sc(=Cc3ccccc3Cl)c(=O)n2C1c1ccc(OC(C)=O)cc1. The van der Waals surface area contributed by atoms with Gasteiger partial charge in [-0.1, -0.05) is 53.3 Å². The van der Waals surface area contributed by atoms with E-state index in [-0.39, 0.29) is 11.1 Å². The molecular formula is C24H19ClN2O5S. The minimum atomic E-state index is -0.756. The number of esters is 2. The van der Waals surface area contributed by atoms with Gasteiger partial charge in [0.25, 0.3) is 5.56 Å². The molecule has 0 aliphatic carbocycles. The molecule has 1 aliphatic rings. The Morgan fingerprint density at radius 1 is 1.15 bits per heavy atom. The highest BCUT2D eigenvalue weighted by molar-refractivity contribution is 7.07. The molecular weight excluding hydrogens is 464 g/mol. The molecule has 0 saturated carbocycles. The minimum Gasteiger partial charge on any atom is -0.466 e. The van der Waals surface area contributed by atoms with Gasteiger partial charge in [0.1, 0.15) is 5.75 Å². The zero-order chi connectivity index (χ0) is 23.7. The predicted octanol–water partition coefficient (Wildman–Crippen LogP) is 2.99. The Morgan fingerprint density at radius 3 is 2.48 bits per heavy atom. The Hall–Kier alpha value is -3.49. The normalized spacial score (nSPS) is 15.6. The fourth-order valence-corrected chi connectivity index (χ4v) is 4.85. The Kier molecular flexibility index (Phi) is 6.31. The van der Waals surface area contributed by atoms with Gasteiger partial charge in [-0.15, -0.1) is 0 Å². The number of aromatic nitrogens is 1. The molecule has 0 spiro atoms. The van der Waals surface area contributed by atoms with E-state index >= 15 is 0 Å². The lowest BCUT2D eigenvalue weighted by molar-refractivity contribution is -0.136. The Morgan fingerprint density at radius 2 is 1.85 bits per heavy atom. The molecule has 0 N–H and O–H groups in total. The van der Waals surface area contributed by atoms with Crippen molar-refractivity contribution in [2.24, 2.45) is 4.99 Å². The van der Waals surface area contributed by atoms with E-state index in [1.807, 2.05) is 18.2 Å². The quantitative estimate of drug-likeness (QED) is 0.421. The summed E-state index contributed by atoms with van der Waals surface area (Å²) >= 11 is 7.49. The van der Waals surface area contributed by atoms with Gasteiger partial charge in [-0.3, -0.25) is 14.2 Å². The van der Waals surface area contributed by atoms with Gasteiger partial charge in [-0.2, -0.15) is 0 Å². The van der Waals surface area contributed by atoms with Crippen molar-refractivity contribution in [1.82, 2.24) is 4.57 Å². The molecule has 1 aromatic heterocycles. The lowest BCUT2D eigenvalue weighted by atomic mass is 9.96. The number of allylic oxidation sites excluding steroid dienone is 1. The first-order chi connectivity index (χ1) is 15.8. The number of hydrogen-bond donors (Lipinski definition) is 0. The number of hydrogen-bond acceptors (Lipinski definition) is 7. The van der Waals surface area contributed by atoms with Crippen molar-refractivity contribution < 1.29 is 19.1 Å². The second-order valence-electron chi connectivity index (χ2n) is 7.26. The summed E-state index contributed by atoms with van der Waals surface area (Å²) in [4.78, 5) is 42.4. The largest absolute Gasteiger partial charge is 0.466 e. The van der Waals surface area contributed by atoms with Crippen molar-refractivity contribution in [2.45, 2.75) is 19.9 Å². The van der Waals surface area contributed by atoms with Crippen molar-refractivity contribution in [2.75, 3.05) is 7.11 Å². The van der Waals surface area contributed by atoms with E-state index in [9.17, 15) is 14.4 Å². The van der Waals surface area contributed by atoms with Gasteiger partial charge in [0.15, 0.2) is 4.80 Å². The number of carbonyl (C=O) groups is 2. The van der Waals surface area contributed by atoms with Crippen LogP contribution in [0.4, 0.5) is 0 Å². The first-order valence-electron chi connectivity index (χ1n) is 9.94. The molecule has 168 valence electrons. The average molecular weight is 483 g/mol. The van der Waals surface area contributed by atoms with Crippen LogP contribution in [-0.4, -0.2) is 23.6 Å². The number of benzene rings is 2. The van der Waals surface area contributed by atoms with Gasteiger partial charge in [0.2, 0.25) is 0 Å². The Labute approximate surface area is 197 Å². The van der Waals surface area contributed by atoms with Crippen molar-refractivity contribution >= 4 is 41.0 Å². The summed E-state index contributed by atoms with van der Waals surface area (Å²) in [5.41, 5.74) is 1.76. The maximum atomic E-state index is 13.5. The molecule has 2 aromatic carbocycles. The predicted molar refractivity (Wildman–Crippen MR) is 125 cm³/mol. The second kappa shape index (κ2) is 9.17. The molecule has 4 rings (SSSR count). The fraction of sp³-hybridized carbons (Fsp3) is 0.167. The van der Waals surface area contributed by atoms with Crippen molar-refractivity contribution in [3.63, 3.8) is 0 Å². The summed E-state index contributed by atoms with van der Waals surface area (Å²) in [7, 11) is 1.28. The zero-order valence-corrected chi connectivity index (χ0v) is 19.6. The molecule has 2 heterocycles. The number of nitrogens with zero attached hydrogens (tertiary/aromatic N) is 2. The van der Waals surface area contributed by atoms with Gasteiger partial charge >= 0.3 is 11.9 Å². The van der Waals surface area contributed by atoms with Crippen LogP contribution >= 0.6 is 22.9 Å². The highest BCUT2D eigenvalue weighted by atomic mass is 35.5. The van der Waals surface area contributed by atoms with E-state index in [0.29, 0.717) is 36.9 Å². The van der Waals surface area contributed by atoms with Crippen LogP contribution in [0.25, 0.3) is 6.08 Å². The third kappa shape index (κ3) is 4.40. The third-order valence-corrected chi connectivity index (χ3v) is 6.40. The summed E-state index contributed by atoms with van der Waals surface area (Å²) in [5, 5.41) is 0.521. The number of methoxy groups -OCH3 is 1. The molecule has 0 amide bonds. The monoisotopic (exact) mass is 482 g/mol. The molecule has 7 nitrogen and oxygen atoms in total. The highest BCUT2D eigenvalue weighted by Crippen LogP contribution is 2.31. The third-order valence-electron chi connectivity index (χ3n) is 5.08. The van der Waals surface area contributed by atoms with E-state index in [4.69, 9.17) is 21.1 Å². The second-order valence-corrected chi connectivity index (χ2v) is 8.67. The summed E-state index contributed by atoms with van der Waals surface area (Å²) < 4.78 is 12.0. The number of thiazole rings is 1. The maximum absolute atomic E-state index is 13.5. The highest BCUT2D eigenvalue weighted by Gasteiger charge is 2.33. The number of rotatable bonds is 4. The molecule has 0 saturated heterocycles. The smallest absolute Gasteiger partial charge is 0.338 e. The lowest BCUT2D eigenvalue weighted by Crippen LogP contribution is -2.39. The maximum Gasteiger partial charge on any atom is 0.338 e. The van der Waals surface area contributed by atoms with Crippen LogP contribution in [0.2, 0.25) is 5.02 Å². The molecule has 1 unspecified atom stereocenters. The fourth-order valence-electron chi connectivity index (χ4n) is 3.63. The number of carbonyl (C=O) groups excluding carboxylic acids is 2. The Balaban J connectivity index is 1.93. The van der Waals surface area contributed by atoms with E-state index < -0.39 is 18.0 Å². The zero-order valence-electron chi connectivity index (χ0n) is 18.0. The molecule has 3 aromatic rings. The van der Waals surface area contributed by atoms with Gasteiger partial charge in [-0.05, 0) is 42.3 Å². The van der Waals surface area contributed by atoms with Crippen molar-refractivity contribution in [1.29, 1.82) is 0 Å². The molecule has 1 aliphatic heterocycles. The molecule has 1 atom stereocenters. The summed E-state index contributed by atoms with van der Waals surface area (Å²) in [6.07, 6.45) is 1.71. The van der Waals surface area contributed by atoms with Gasteiger partial charge in [-0.25, -0.2) is 9.79 Å². The van der Waals surface area contributed by atoms with E-state index in [1.54, 1.807) is 43.3 Å². The first kappa shape index (κ1) is 22.7.